The minimum Gasteiger partial charge on any atom is -0.396 e. The van der Waals surface area contributed by atoms with Gasteiger partial charge in [0.2, 0.25) is 0 Å². The third-order valence-corrected chi connectivity index (χ3v) is 1.07. The van der Waals surface area contributed by atoms with E-state index in [1.807, 2.05) is 0 Å². The smallest absolute Gasteiger partial charge is 0.106 e. The first-order valence-electron chi connectivity index (χ1n) is 2.09. The Hall–Kier alpha value is -0.110. The Morgan fingerprint density at radius 1 is 1.83 bits per heavy atom. The molecule has 1 nitrogen and oxygen atoms in total. The van der Waals surface area contributed by atoms with Gasteiger partial charge in [-0.2, -0.15) is 0 Å². The topological polar surface area (TPSA) is 20.2 Å². The number of rotatable bonds is 1. The van der Waals surface area contributed by atoms with Crippen molar-refractivity contribution in [1.82, 2.24) is 0 Å². The highest BCUT2D eigenvalue weighted by molar-refractivity contribution is 4.84. The van der Waals surface area contributed by atoms with E-state index in [0.717, 1.165) is 0 Å². The summed E-state index contributed by atoms with van der Waals surface area (Å²) >= 11 is 0. The molecule has 0 aliphatic heterocycles. The molecule has 1 rings (SSSR count). The zero-order valence-electron chi connectivity index (χ0n) is 3.39. The molecule has 0 bridgehead atoms. The minimum absolute atomic E-state index is 0.00926. The number of alkyl halides is 1. The van der Waals surface area contributed by atoms with Gasteiger partial charge in [0.15, 0.2) is 0 Å². The Bertz CT molecular complexity index is 53.5. The van der Waals surface area contributed by atoms with E-state index < -0.39 is 6.17 Å². The lowest BCUT2D eigenvalue weighted by Crippen LogP contribution is -1.85. The third-order valence-electron chi connectivity index (χ3n) is 1.07. The predicted molar refractivity (Wildman–Crippen MR) is 20.1 cm³/mol. The van der Waals surface area contributed by atoms with Crippen molar-refractivity contribution in [3.05, 3.63) is 0 Å². The van der Waals surface area contributed by atoms with Crippen LogP contribution in [-0.2, 0) is 0 Å². The molecule has 1 aliphatic rings. The van der Waals surface area contributed by atoms with Gasteiger partial charge in [0.1, 0.15) is 6.17 Å². The maximum atomic E-state index is 11.6. The van der Waals surface area contributed by atoms with E-state index in [9.17, 15) is 4.39 Å². The molecule has 0 aromatic carbocycles. The fraction of sp³-hybridized carbons (Fsp3) is 1.00. The third kappa shape index (κ3) is 0.522. The van der Waals surface area contributed by atoms with Crippen LogP contribution in [0, 0.1) is 5.92 Å². The van der Waals surface area contributed by atoms with E-state index in [1.165, 1.54) is 0 Å². The summed E-state index contributed by atoms with van der Waals surface area (Å²) in [6.45, 7) is 0.0289. The summed E-state index contributed by atoms with van der Waals surface area (Å²) in [6, 6.07) is 0. The standard InChI is InChI=1S/C4H7FO/c5-4-1-3(4)2-6/h3-4,6H,1-2H2/t3-,4+/m1/s1. The summed E-state index contributed by atoms with van der Waals surface area (Å²) in [4.78, 5) is 0. The van der Waals surface area contributed by atoms with Crippen molar-refractivity contribution < 1.29 is 9.50 Å². The lowest BCUT2D eigenvalue weighted by atomic mass is 10.5. The van der Waals surface area contributed by atoms with Gasteiger partial charge in [-0.3, -0.25) is 0 Å². The van der Waals surface area contributed by atoms with Gasteiger partial charge in [0.05, 0.1) is 0 Å². The fourth-order valence-electron chi connectivity index (χ4n) is 0.400. The Morgan fingerprint density at radius 2 is 2.33 bits per heavy atom. The highest BCUT2D eigenvalue weighted by atomic mass is 19.1. The van der Waals surface area contributed by atoms with E-state index in [-0.39, 0.29) is 12.5 Å². The van der Waals surface area contributed by atoms with E-state index in [0.29, 0.717) is 6.42 Å². The van der Waals surface area contributed by atoms with Crippen LogP contribution in [0.15, 0.2) is 0 Å². The van der Waals surface area contributed by atoms with Gasteiger partial charge in [-0.05, 0) is 6.42 Å². The van der Waals surface area contributed by atoms with Crippen molar-refractivity contribution in [3.8, 4) is 0 Å². The number of hydrogen-bond acceptors (Lipinski definition) is 1. The molecule has 0 aromatic rings. The molecule has 2 atom stereocenters. The number of hydrogen-bond donors (Lipinski definition) is 1. The van der Waals surface area contributed by atoms with Crippen molar-refractivity contribution >= 4 is 0 Å². The average Bonchev–Trinajstić information content (AvgIpc) is 2.19. The molecule has 1 aliphatic carbocycles. The van der Waals surface area contributed by atoms with Crippen molar-refractivity contribution in [3.63, 3.8) is 0 Å². The molecule has 6 heavy (non-hydrogen) atoms. The fourth-order valence-corrected chi connectivity index (χ4v) is 0.400. The van der Waals surface area contributed by atoms with Crippen LogP contribution in [-0.4, -0.2) is 17.9 Å². The molecule has 0 saturated heterocycles. The van der Waals surface area contributed by atoms with Gasteiger partial charge in [-0.1, -0.05) is 0 Å². The SMILES string of the molecule is OC[C@H]1C[C@@H]1F. The molecule has 0 amide bonds. The molecule has 1 fully saturated rings. The van der Waals surface area contributed by atoms with Crippen molar-refractivity contribution in [2.45, 2.75) is 12.6 Å². The highest BCUT2D eigenvalue weighted by Gasteiger charge is 2.36. The van der Waals surface area contributed by atoms with Crippen molar-refractivity contribution in [2.24, 2.45) is 5.92 Å². The molecule has 0 aromatic heterocycles. The molecule has 0 heterocycles. The molecule has 0 spiro atoms. The lowest BCUT2D eigenvalue weighted by molar-refractivity contribution is 0.258. The molecule has 36 valence electrons. The van der Waals surface area contributed by atoms with Crippen molar-refractivity contribution in [1.29, 1.82) is 0 Å². The summed E-state index contributed by atoms with van der Waals surface area (Å²) in [5.41, 5.74) is 0. The predicted octanol–water partition coefficient (Wildman–Crippen LogP) is 0.337. The molecule has 1 saturated carbocycles. The van der Waals surface area contributed by atoms with E-state index in [4.69, 9.17) is 5.11 Å². The molecular formula is C4H7FO. The zero-order valence-corrected chi connectivity index (χ0v) is 3.39. The summed E-state index contributed by atoms with van der Waals surface area (Å²) < 4.78 is 11.6. The molecule has 0 unspecified atom stereocenters. The van der Waals surface area contributed by atoms with Gasteiger partial charge in [-0.15, -0.1) is 0 Å². The number of halogens is 1. The summed E-state index contributed by atoms with van der Waals surface area (Å²) in [5.74, 6) is -0.00926. The molecular weight excluding hydrogens is 83.0 g/mol. The second kappa shape index (κ2) is 1.19. The van der Waals surface area contributed by atoms with Gasteiger partial charge in [0.25, 0.3) is 0 Å². The van der Waals surface area contributed by atoms with Gasteiger partial charge in [0, 0.05) is 12.5 Å². The minimum atomic E-state index is -0.685. The van der Waals surface area contributed by atoms with Gasteiger partial charge in [-0.25, -0.2) is 4.39 Å². The first-order valence-corrected chi connectivity index (χ1v) is 2.09. The summed E-state index contributed by atoms with van der Waals surface area (Å²) in [6.07, 6.45) is -0.105. The second-order valence-electron chi connectivity index (χ2n) is 1.69. The average molecular weight is 90.1 g/mol. The number of aliphatic hydroxyl groups is 1. The van der Waals surface area contributed by atoms with E-state index >= 15 is 0 Å². The van der Waals surface area contributed by atoms with Crippen LogP contribution < -0.4 is 0 Å². The summed E-state index contributed by atoms with van der Waals surface area (Å²) in [5, 5.41) is 8.14. The van der Waals surface area contributed by atoms with Crippen LogP contribution in [0.5, 0.6) is 0 Å². The first kappa shape index (κ1) is 4.06. The lowest BCUT2D eigenvalue weighted by Gasteiger charge is -1.76. The highest BCUT2D eigenvalue weighted by Crippen LogP contribution is 2.32. The quantitative estimate of drug-likeness (QED) is 0.492. The van der Waals surface area contributed by atoms with Crippen LogP contribution >= 0.6 is 0 Å². The Kier molecular flexibility index (Phi) is 0.804. The summed E-state index contributed by atoms with van der Waals surface area (Å²) in [7, 11) is 0. The van der Waals surface area contributed by atoms with Crippen LogP contribution in [0.2, 0.25) is 0 Å². The largest absolute Gasteiger partial charge is 0.396 e. The van der Waals surface area contributed by atoms with Gasteiger partial charge < -0.3 is 5.11 Å². The van der Waals surface area contributed by atoms with Crippen LogP contribution in [0.1, 0.15) is 6.42 Å². The Morgan fingerprint density at radius 3 is 2.33 bits per heavy atom. The number of aliphatic hydroxyl groups excluding tert-OH is 1. The van der Waals surface area contributed by atoms with E-state index in [2.05, 4.69) is 0 Å². The van der Waals surface area contributed by atoms with E-state index in [1.54, 1.807) is 0 Å². The Labute approximate surface area is 35.8 Å². The van der Waals surface area contributed by atoms with Crippen LogP contribution in [0.25, 0.3) is 0 Å². The molecule has 2 heteroatoms. The van der Waals surface area contributed by atoms with Crippen molar-refractivity contribution in [2.75, 3.05) is 6.61 Å². The maximum absolute atomic E-state index is 11.6. The Balaban J connectivity index is 2.09. The first-order chi connectivity index (χ1) is 2.84. The second-order valence-corrected chi connectivity index (χ2v) is 1.69. The normalized spacial score (nSPS) is 43.0. The maximum Gasteiger partial charge on any atom is 0.106 e. The molecule has 0 radical (unpaired) electrons. The van der Waals surface area contributed by atoms with Crippen LogP contribution in [0.3, 0.4) is 0 Å². The molecule has 1 N–H and O–H groups in total. The van der Waals surface area contributed by atoms with Crippen LogP contribution in [0.4, 0.5) is 4.39 Å². The van der Waals surface area contributed by atoms with Gasteiger partial charge >= 0.3 is 0 Å². The zero-order chi connectivity index (χ0) is 4.57. The monoisotopic (exact) mass is 90.0 g/mol.